The topological polar surface area (TPSA) is 46.5 Å². The molecule has 0 heterocycles. The van der Waals surface area contributed by atoms with Crippen molar-refractivity contribution in [1.82, 2.24) is 0 Å². The Hall–Kier alpha value is -1.30. The van der Waals surface area contributed by atoms with Crippen molar-refractivity contribution < 1.29 is 19.0 Å². The number of benzene rings is 2. The second kappa shape index (κ2) is 5.99. The zero-order chi connectivity index (χ0) is 14.9. The monoisotopic (exact) mass is 378 g/mol. The standard InChI is InChI=1S/C13H6BrCl2FO3/c14-6-4-8(16)9(17)5-11(6)20-10-3-1-2-7(15)12(10)13(18)19/h1-5H,(H,18,19). The number of hydrogen-bond donors (Lipinski definition) is 1. The highest BCUT2D eigenvalue weighted by molar-refractivity contribution is 9.10. The summed E-state index contributed by atoms with van der Waals surface area (Å²) in [6.45, 7) is 0. The normalized spacial score (nSPS) is 10.4. The molecule has 0 atom stereocenters. The van der Waals surface area contributed by atoms with Gasteiger partial charge in [-0.05, 0) is 34.1 Å². The van der Waals surface area contributed by atoms with Gasteiger partial charge in [0.2, 0.25) is 0 Å². The van der Waals surface area contributed by atoms with Crippen LogP contribution in [-0.4, -0.2) is 11.1 Å². The highest BCUT2D eigenvalue weighted by Gasteiger charge is 2.17. The van der Waals surface area contributed by atoms with E-state index in [1.165, 1.54) is 24.3 Å². The Morgan fingerprint density at radius 1 is 1.20 bits per heavy atom. The van der Waals surface area contributed by atoms with Crippen LogP contribution in [0.3, 0.4) is 0 Å². The molecule has 0 aromatic heterocycles. The molecule has 0 spiro atoms. The maximum Gasteiger partial charge on any atom is 0.341 e. The van der Waals surface area contributed by atoms with Crippen molar-refractivity contribution >= 4 is 45.1 Å². The first-order valence-corrected chi connectivity index (χ1v) is 6.79. The van der Waals surface area contributed by atoms with Crippen molar-refractivity contribution in [2.24, 2.45) is 0 Å². The molecule has 0 amide bonds. The van der Waals surface area contributed by atoms with Gasteiger partial charge in [-0.25, -0.2) is 9.18 Å². The third-order valence-corrected chi connectivity index (χ3v) is 3.61. The SMILES string of the molecule is O=C(O)c1c(Cl)cccc1Oc1cc(F)c(Cl)cc1Br. The fourth-order valence-corrected chi connectivity index (χ4v) is 2.46. The number of ether oxygens (including phenoxy) is 1. The van der Waals surface area contributed by atoms with Crippen LogP contribution in [0.5, 0.6) is 11.5 Å². The number of carbonyl (C=O) groups is 1. The van der Waals surface area contributed by atoms with Crippen LogP contribution in [0.4, 0.5) is 4.39 Å². The van der Waals surface area contributed by atoms with Gasteiger partial charge >= 0.3 is 5.97 Å². The Labute approximate surface area is 132 Å². The molecule has 2 rings (SSSR count). The lowest BCUT2D eigenvalue weighted by Crippen LogP contribution is -2.01. The van der Waals surface area contributed by atoms with Crippen molar-refractivity contribution in [2.45, 2.75) is 0 Å². The smallest absolute Gasteiger partial charge is 0.341 e. The van der Waals surface area contributed by atoms with Gasteiger partial charge in [0.1, 0.15) is 22.9 Å². The van der Waals surface area contributed by atoms with E-state index in [0.29, 0.717) is 4.47 Å². The van der Waals surface area contributed by atoms with E-state index in [0.717, 1.165) is 6.07 Å². The highest BCUT2D eigenvalue weighted by Crippen LogP contribution is 2.36. The molecule has 0 saturated heterocycles. The van der Waals surface area contributed by atoms with E-state index in [4.69, 9.17) is 33.0 Å². The summed E-state index contributed by atoms with van der Waals surface area (Å²) >= 11 is 14.6. The lowest BCUT2D eigenvalue weighted by Gasteiger charge is -2.11. The first kappa shape index (κ1) is 15.1. The second-order valence-electron chi connectivity index (χ2n) is 3.72. The van der Waals surface area contributed by atoms with Gasteiger partial charge in [-0.1, -0.05) is 29.3 Å². The summed E-state index contributed by atoms with van der Waals surface area (Å²) in [7, 11) is 0. The van der Waals surface area contributed by atoms with Crippen LogP contribution >= 0.6 is 39.1 Å². The summed E-state index contributed by atoms with van der Waals surface area (Å²) in [5.74, 6) is -1.82. The predicted molar refractivity (Wildman–Crippen MR) is 77.6 cm³/mol. The lowest BCUT2D eigenvalue weighted by atomic mass is 10.2. The van der Waals surface area contributed by atoms with Crippen molar-refractivity contribution in [3.8, 4) is 11.5 Å². The molecule has 2 aromatic carbocycles. The number of hydrogen-bond acceptors (Lipinski definition) is 2. The largest absolute Gasteiger partial charge is 0.478 e. The van der Waals surface area contributed by atoms with Crippen LogP contribution in [0.1, 0.15) is 10.4 Å². The van der Waals surface area contributed by atoms with E-state index >= 15 is 0 Å². The van der Waals surface area contributed by atoms with E-state index in [1.54, 1.807) is 0 Å². The van der Waals surface area contributed by atoms with Crippen LogP contribution in [-0.2, 0) is 0 Å². The molecule has 0 radical (unpaired) electrons. The molecule has 0 aliphatic heterocycles. The second-order valence-corrected chi connectivity index (χ2v) is 5.39. The van der Waals surface area contributed by atoms with Crippen molar-refractivity contribution in [2.75, 3.05) is 0 Å². The molecule has 1 N–H and O–H groups in total. The molecule has 0 unspecified atom stereocenters. The molecule has 0 aliphatic rings. The van der Waals surface area contributed by atoms with Gasteiger partial charge in [0.25, 0.3) is 0 Å². The Morgan fingerprint density at radius 2 is 1.90 bits per heavy atom. The molecule has 0 bridgehead atoms. The van der Waals surface area contributed by atoms with E-state index in [2.05, 4.69) is 15.9 Å². The van der Waals surface area contributed by atoms with Crippen molar-refractivity contribution in [3.05, 3.63) is 56.2 Å². The Balaban J connectivity index is 2.48. The number of aromatic carboxylic acids is 1. The van der Waals surface area contributed by atoms with Crippen LogP contribution in [0, 0.1) is 5.82 Å². The van der Waals surface area contributed by atoms with Crippen LogP contribution in [0.15, 0.2) is 34.8 Å². The Kier molecular flexibility index (Phi) is 4.52. The van der Waals surface area contributed by atoms with Gasteiger partial charge in [0.15, 0.2) is 0 Å². The van der Waals surface area contributed by atoms with Gasteiger partial charge in [-0.2, -0.15) is 0 Å². The minimum Gasteiger partial charge on any atom is -0.478 e. The molecule has 7 heteroatoms. The fraction of sp³-hybridized carbons (Fsp3) is 0. The van der Waals surface area contributed by atoms with Gasteiger partial charge in [0, 0.05) is 6.07 Å². The Morgan fingerprint density at radius 3 is 2.55 bits per heavy atom. The van der Waals surface area contributed by atoms with Gasteiger partial charge in [-0.3, -0.25) is 0 Å². The Bertz CT molecular complexity index is 692. The van der Waals surface area contributed by atoms with Gasteiger partial charge < -0.3 is 9.84 Å². The zero-order valence-corrected chi connectivity index (χ0v) is 12.8. The van der Waals surface area contributed by atoms with Crippen molar-refractivity contribution in [3.63, 3.8) is 0 Å². The first-order valence-electron chi connectivity index (χ1n) is 5.24. The van der Waals surface area contributed by atoms with E-state index in [9.17, 15) is 9.18 Å². The summed E-state index contributed by atoms with van der Waals surface area (Å²) in [6.07, 6.45) is 0. The maximum absolute atomic E-state index is 13.4. The average molecular weight is 380 g/mol. The summed E-state index contributed by atoms with van der Waals surface area (Å²) < 4.78 is 19.2. The third kappa shape index (κ3) is 3.06. The molecule has 3 nitrogen and oxygen atoms in total. The number of halogens is 4. The number of carboxylic acids is 1. The predicted octanol–water partition coefficient (Wildman–Crippen LogP) is 5.39. The maximum atomic E-state index is 13.4. The summed E-state index contributed by atoms with van der Waals surface area (Å²) in [6, 6.07) is 6.75. The first-order chi connectivity index (χ1) is 9.40. The van der Waals surface area contributed by atoms with Gasteiger partial charge in [0.05, 0.1) is 14.5 Å². The fourth-order valence-electron chi connectivity index (χ4n) is 1.50. The van der Waals surface area contributed by atoms with E-state index in [-0.39, 0.29) is 27.1 Å². The van der Waals surface area contributed by atoms with E-state index < -0.39 is 11.8 Å². The number of carboxylic acid groups (broad SMARTS) is 1. The minimum absolute atomic E-state index is 0.00687. The lowest BCUT2D eigenvalue weighted by molar-refractivity contribution is 0.0694. The molecule has 0 saturated carbocycles. The molecule has 0 fully saturated rings. The van der Waals surface area contributed by atoms with E-state index in [1.807, 2.05) is 0 Å². The summed E-state index contributed by atoms with van der Waals surface area (Å²) in [4.78, 5) is 11.2. The zero-order valence-electron chi connectivity index (χ0n) is 9.66. The van der Waals surface area contributed by atoms with Crippen LogP contribution in [0.2, 0.25) is 10.0 Å². The van der Waals surface area contributed by atoms with Crippen LogP contribution in [0.25, 0.3) is 0 Å². The summed E-state index contributed by atoms with van der Waals surface area (Å²) in [5.41, 5.74) is -0.198. The number of rotatable bonds is 3. The summed E-state index contributed by atoms with van der Waals surface area (Å²) in [5, 5.41) is 9.07. The highest BCUT2D eigenvalue weighted by atomic mass is 79.9. The van der Waals surface area contributed by atoms with Gasteiger partial charge in [-0.15, -0.1) is 0 Å². The molecule has 2 aromatic rings. The molecule has 104 valence electrons. The molecule has 20 heavy (non-hydrogen) atoms. The van der Waals surface area contributed by atoms with Crippen LogP contribution < -0.4 is 4.74 Å². The molecular weight excluding hydrogens is 374 g/mol. The third-order valence-electron chi connectivity index (χ3n) is 2.38. The van der Waals surface area contributed by atoms with Crippen molar-refractivity contribution in [1.29, 1.82) is 0 Å². The molecule has 0 aliphatic carbocycles. The average Bonchev–Trinajstić information content (AvgIpc) is 2.35. The molecular formula is C13H6BrCl2FO3. The quantitative estimate of drug-likeness (QED) is 0.727. The minimum atomic E-state index is -1.24.